The smallest absolute Gasteiger partial charge is 0.352 e. The van der Waals surface area contributed by atoms with Gasteiger partial charge < -0.3 is 5.11 Å². The second-order valence-corrected chi connectivity index (χ2v) is 6.72. The van der Waals surface area contributed by atoms with Crippen LogP contribution in [0.4, 0.5) is 0 Å². The molecule has 0 aliphatic heterocycles. The summed E-state index contributed by atoms with van der Waals surface area (Å²) < 4.78 is 2.19. The minimum atomic E-state index is -1.15. The molecule has 10 heteroatoms. The van der Waals surface area contributed by atoms with E-state index in [1.54, 1.807) is 0 Å². The minimum Gasteiger partial charge on any atom is -0.480 e. The minimum absolute atomic E-state index is 0.0740. The van der Waals surface area contributed by atoms with Crippen LogP contribution in [-0.4, -0.2) is 35.5 Å². The highest BCUT2D eigenvalue weighted by atomic mass is 32.1. The van der Waals surface area contributed by atoms with E-state index in [4.69, 9.17) is 5.11 Å². The van der Waals surface area contributed by atoms with Crippen molar-refractivity contribution in [3.05, 3.63) is 45.5 Å². The molecule has 0 spiro atoms. The van der Waals surface area contributed by atoms with Gasteiger partial charge in [-0.15, -0.1) is 38.0 Å². The normalized spacial score (nSPS) is 11.2. The van der Waals surface area contributed by atoms with Gasteiger partial charge in [-0.25, -0.2) is 9.20 Å². The van der Waals surface area contributed by atoms with Crippen molar-refractivity contribution in [2.45, 2.75) is 6.54 Å². The molecule has 0 bridgehead atoms. The SMILES string of the molecule is O=C(O)Cn1nc2nnc(-c3cccs3)c(-c3cccs3)n2c1=O. The molecule has 0 amide bonds. The Morgan fingerprint density at radius 3 is 2.46 bits per heavy atom. The molecule has 24 heavy (non-hydrogen) atoms. The maximum absolute atomic E-state index is 12.6. The first-order chi connectivity index (χ1) is 11.6. The van der Waals surface area contributed by atoms with E-state index in [9.17, 15) is 9.59 Å². The molecule has 0 aliphatic carbocycles. The van der Waals surface area contributed by atoms with E-state index in [1.807, 2.05) is 35.0 Å². The van der Waals surface area contributed by atoms with Crippen molar-refractivity contribution in [2.75, 3.05) is 0 Å². The summed E-state index contributed by atoms with van der Waals surface area (Å²) >= 11 is 2.94. The van der Waals surface area contributed by atoms with Crippen LogP contribution in [0.25, 0.3) is 26.9 Å². The average molecular weight is 359 g/mol. The molecular formula is C14H9N5O3S2. The Kier molecular flexibility index (Phi) is 3.47. The summed E-state index contributed by atoms with van der Waals surface area (Å²) in [6, 6.07) is 7.53. The Bertz CT molecular complexity index is 1080. The van der Waals surface area contributed by atoms with Crippen LogP contribution in [0.15, 0.2) is 39.8 Å². The van der Waals surface area contributed by atoms with Crippen molar-refractivity contribution in [3.8, 4) is 21.1 Å². The van der Waals surface area contributed by atoms with E-state index in [0.717, 1.165) is 14.4 Å². The third-order valence-corrected chi connectivity index (χ3v) is 5.06. The third kappa shape index (κ3) is 2.32. The summed E-state index contributed by atoms with van der Waals surface area (Å²) in [6.45, 7) is -0.527. The number of carboxylic acids is 1. The molecule has 0 atom stereocenters. The van der Waals surface area contributed by atoms with Gasteiger partial charge in [-0.2, -0.15) is 4.68 Å². The van der Waals surface area contributed by atoms with Crippen molar-refractivity contribution in [3.63, 3.8) is 0 Å². The molecule has 0 aromatic carbocycles. The van der Waals surface area contributed by atoms with Gasteiger partial charge in [-0.1, -0.05) is 12.1 Å². The summed E-state index contributed by atoms with van der Waals surface area (Å²) in [6.07, 6.45) is 0. The van der Waals surface area contributed by atoms with E-state index in [1.165, 1.54) is 27.1 Å². The Hall–Kier alpha value is -2.85. The Morgan fingerprint density at radius 2 is 1.83 bits per heavy atom. The lowest BCUT2D eigenvalue weighted by Gasteiger charge is -2.06. The fourth-order valence-corrected chi connectivity index (χ4v) is 3.83. The largest absolute Gasteiger partial charge is 0.480 e. The lowest BCUT2D eigenvalue weighted by atomic mass is 10.2. The summed E-state index contributed by atoms with van der Waals surface area (Å²) in [4.78, 5) is 25.3. The fourth-order valence-electron chi connectivity index (χ4n) is 2.36. The number of thiophene rings is 2. The number of carboxylic acid groups (broad SMARTS) is 1. The molecule has 4 aromatic heterocycles. The summed E-state index contributed by atoms with van der Waals surface area (Å²) in [5.41, 5.74) is 0.583. The van der Waals surface area contributed by atoms with Gasteiger partial charge >= 0.3 is 11.7 Å². The first kappa shape index (κ1) is 14.7. The van der Waals surface area contributed by atoms with Crippen LogP contribution in [0.3, 0.4) is 0 Å². The maximum atomic E-state index is 12.6. The highest BCUT2D eigenvalue weighted by Gasteiger charge is 2.21. The van der Waals surface area contributed by atoms with Crippen molar-refractivity contribution >= 4 is 34.4 Å². The van der Waals surface area contributed by atoms with E-state index in [-0.39, 0.29) is 5.78 Å². The average Bonchev–Trinajstić information content (AvgIpc) is 3.28. The molecule has 0 saturated heterocycles. The molecule has 0 radical (unpaired) electrons. The monoisotopic (exact) mass is 359 g/mol. The predicted octanol–water partition coefficient (Wildman–Crippen LogP) is 1.83. The van der Waals surface area contributed by atoms with Gasteiger partial charge in [0.05, 0.1) is 9.75 Å². The Morgan fingerprint density at radius 1 is 1.12 bits per heavy atom. The van der Waals surface area contributed by atoms with Crippen molar-refractivity contribution in [1.29, 1.82) is 0 Å². The van der Waals surface area contributed by atoms with Gasteiger partial charge in [0.15, 0.2) is 0 Å². The van der Waals surface area contributed by atoms with Gasteiger partial charge in [-0.05, 0) is 22.9 Å². The molecule has 0 fully saturated rings. The predicted molar refractivity (Wildman–Crippen MR) is 89.3 cm³/mol. The Balaban J connectivity index is 2.08. The number of nitrogens with zero attached hydrogens (tertiary/aromatic N) is 5. The lowest BCUT2D eigenvalue weighted by molar-refractivity contribution is -0.137. The molecule has 8 nitrogen and oxygen atoms in total. The van der Waals surface area contributed by atoms with E-state index in [2.05, 4.69) is 15.3 Å². The molecule has 0 unspecified atom stereocenters. The number of hydrogen-bond donors (Lipinski definition) is 1. The lowest BCUT2D eigenvalue weighted by Crippen LogP contribution is -2.25. The summed E-state index contributed by atoms with van der Waals surface area (Å²) in [5.74, 6) is -1.07. The molecular weight excluding hydrogens is 350 g/mol. The fraction of sp³-hybridized carbons (Fsp3) is 0.0714. The highest BCUT2D eigenvalue weighted by molar-refractivity contribution is 7.14. The van der Waals surface area contributed by atoms with Gasteiger partial charge in [0.25, 0.3) is 5.78 Å². The van der Waals surface area contributed by atoms with E-state index < -0.39 is 18.2 Å². The summed E-state index contributed by atoms with van der Waals surface area (Å²) in [7, 11) is 0. The number of rotatable bonds is 4. The van der Waals surface area contributed by atoms with Crippen molar-refractivity contribution < 1.29 is 9.90 Å². The number of fused-ring (bicyclic) bond motifs is 1. The molecule has 4 heterocycles. The first-order valence-electron chi connectivity index (χ1n) is 6.81. The third-order valence-electron chi connectivity index (χ3n) is 3.30. The first-order valence-corrected chi connectivity index (χ1v) is 8.57. The molecule has 4 rings (SSSR count). The maximum Gasteiger partial charge on any atom is 0.352 e. The quantitative estimate of drug-likeness (QED) is 0.596. The van der Waals surface area contributed by atoms with Crippen LogP contribution in [0.5, 0.6) is 0 Å². The van der Waals surface area contributed by atoms with Crippen LogP contribution >= 0.6 is 22.7 Å². The highest BCUT2D eigenvalue weighted by Crippen LogP contribution is 2.34. The standard InChI is InChI=1S/C14H9N5O3S2/c20-10(21)7-18-14(22)19-12(9-4-2-6-24-9)11(8-3-1-5-23-8)15-16-13(19)17-18/h1-6H,7H2,(H,20,21). The van der Waals surface area contributed by atoms with E-state index in [0.29, 0.717) is 11.4 Å². The van der Waals surface area contributed by atoms with Crippen LogP contribution in [0.1, 0.15) is 0 Å². The van der Waals surface area contributed by atoms with E-state index >= 15 is 0 Å². The molecule has 0 aliphatic rings. The number of aliphatic carboxylic acids is 1. The van der Waals surface area contributed by atoms with Crippen LogP contribution in [0.2, 0.25) is 0 Å². The zero-order valence-electron chi connectivity index (χ0n) is 12.0. The van der Waals surface area contributed by atoms with Crippen LogP contribution in [0, 0.1) is 0 Å². The second kappa shape index (κ2) is 5.65. The van der Waals surface area contributed by atoms with Crippen molar-refractivity contribution in [1.82, 2.24) is 24.4 Å². The summed E-state index contributed by atoms with van der Waals surface area (Å²) in [5, 5.41) is 24.9. The molecule has 120 valence electrons. The van der Waals surface area contributed by atoms with Crippen molar-refractivity contribution in [2.24, 2.45) is 0 Å². The number of aromatic nitrogens is 5. The molecule has 0 saturated carbocycles. The van der Waals surface area contributed by atoms with Gasteiger partial charge in [0.1, 0.15) is 17.9 Å². The van der Waals surface area contributed by atoms with Crippen LogP contribution in [-0.2, 0) is 11.3 Å². The second-order valence-electron chi connectivity index (χ2n) is 4.82. The number of carbonyl (C=O) groups is 1. The Labute approximate surface area is 142 Å². The molecule has 4 aromatic rings. The number of hydrogen-bond acceptors (Lipinski definition) is 7. The zero-order chi connectivity index (χ0) is 16.7. The van der Waals surface area contributed by atoms with Gasteiger partial charge in [0.2, 0.25) is 0 Å². The van der Waals surface area contributed by atoms with Crippen LogP contribution < -0.4 is 5.69 Å². The van der Waals surface area contributed by atoms with Gasteiger partial charge in [-0.3, -0.25) is 4.79 Å². The zero-order valence-corrected chi connectivity index (χ0v) is 13.6. The topological polar surface area (TPSA) is 102 Å². The molecule has 1 N–H and O–H groups in total. The van der Waals surface area contributed by atoms with Gasteiger partial charge in [0, 0.05) is 0 Å².